The monoisotopic (exact) mass is 550 g/mol. The molecule has 2 aromatic carbocycles. The van der Waals surface area contributed by atoms with Gasteiger partial charge in [0.2, 0.25) is 11.8 Å². The number of aryl methyl sites for hydroxylation is 2. The number of carbonyl (C=O) groups is 2. The number of nitrogens with one attached hydrogen (secondary N) is 2. The van der Waals surface area contributed by atoms with Gasteiger partial charge in [0.1, 0.15) is 0 Å². The van der Waals surface area contributed by atoms with Gasteiger partial charge in [-0.25, -0.2) is 0 Å². The molecule has 0 bridgehead atoms. The summed E-state index contributed by atoms with van der Waals surface area (Å²) in [5.41, 5.74) is 9.16. The molecular weight excluding hydrogens is 520 g/mol. The van der Waals surface area contributed by atoms with Crippen LogP contribution in [0.1, 0.15) is 25.0 Å². The van der Waals surface area contributed by atoms with Crippen molar-refractivity contribution in [1.29, 1.82) is 0 Å². The lowest BCUT2D eigenvalue weighted by Crippen LogP contribution is -2.43. The van der Waals surface area contributed by atoms with Crippen molar-refractivity contribution in [2.75, 3.05) is 11.5 Å². The molecular formula is C26H30N8O2S2. The van der Waals surface area contributed by atoms with E-state index in [1.54, 1.807) is 0 Å². The smallest absolute Gasteiger partial charge is 0.248 e. The predicted molar refractivity (Wildman–Crippen MR) is 149 cm³/mol. The Morgan fingerprint density at radius 1 is 0.684 bits per heavy atom. The molecule has 2 amide bonds. The number of hydrogen-bond donors (Lipinski definition) is 2. The van der Waals surface area contributed by atoms with Crippen LogP contribution in [0.25, 0.3) is 22.8 Å². The van der Waals surface area contributed by atoms with Crippen LogP contribution in [0.2, 0.25) is 0 Å². The molecule has 0 radical (unpaired) electrons. The molecule has 0 spiro atoms. The molecule has 0 aliphatic carbocycles. The Balaban J connectivity index is 1.28. The van der Waals surface area contributed by atoms with Crippen molar-refractivity contribution in [2.24, 2.45) is 0 Å². The van der Waals surface area contributed by atoms with Crippen molar-refractivity contribution in [3.05, 3.63) is 59.7 Å². The highest BCUT2D eigenvalue weighted by molar-refractivity contribution is 8.00. The largest absolute Gasteiger partial charge is 0.302 e. The fraction of sp³-hybridized carbons (Fsp3) is 0.308. The number of thioether (sulfide) groups is 2. The molecule has 4 rings (SSSR count). The van der Waals surface area contributed by atoms with Crippen molar-refractivity contribution in [2.45, 2.75) is 51.1 Å². The maximum Gasteiger partial charge on any atom is 0.248 e. The van der Waals surface area contributed by atoms with Crippen LogP contribution < -0.4 is 10.9 Å². The van der Waals surface area contributed by atoms with Crippen LogP contribution >= 0.6 is 23.5 Å². The van der Waals surface area contributed by atoms with Crippen LogP contribution in [-0.4, -0.2) is 52.8 Å². The van der Waals surface area contributed by atoms with Crippen LogP contribution in [-0.2, 0) is 22.7 Å². The Bertz CT molecular complexity index is 1320. The molecule has 0 saturated carbocycles. The first kappa shape index (κ1) is 27.4. The van der Waals surface area contributed by atoms with Crippen LogP contribution in [0.15, 0.2) is 58.8 Å². The molecule has 2 heterocycles. The number of rotatable bonds is 10. The van der Waals surface area contributed by atoms with Gasteiger partial charge in [-0.05, 0) is 38.8 Å². The summed E-state index contributed by atoms with van der Waals surface area (Å²) in [5, 5.41) is 18.5. The zero-order valence-electron chi connectivity index (χ0n) is 21.8. The molecule has 0 atom stereocenters. The van der Waals surface area contributed by atoms with Crippen LogP contribution in [0.5, 0.6) is 0 Å². The van der Waals surface area contributed by atoms with Gasteiger partial charge in [-0.2, -0.15) is 0 Å². The van der Waals surface area contributed by atoms with E-state index in [9.17, 15) is 9.59 Å². The summed E-state index contributed by atoms with van der Waals surface area (Å²) in [6.07, 6.45) is 0. The first-order valence-electron chi connectivity index (χ1n) is 12.2. The maximum absolute atomic E-state index is 12.4. The van der Waals surface area contributed by atoms with E-state index < -0.39 is 0 Å². The van der Waals surface area contributed by atoms with Gasteiger partial charge in [-0.1, -0.05) is 72.1 Å². The predicted octanol–water partition coefficient (Wildman–Crippen LogP) is 3.89. The lowest BCUT2D eigenvalue weighted by Gasteiger charge is -2.10. The summed E-state index contributed by atoms with van der Waals surface area (Å²) < 4.78 is 3.95. The Morgan fingerprint density at radius 2 is 1.08 bits per heavy atom. The third-order valence-corrected chi connectivity index (χ3v) is 7.78. The average molecular weight is 551 g/mol. The van der Waals surface area contributed by atoms with Gasteiger partial charge < -0.3 is 9.13 Å². The molecule has 0 saturated heterocycles. The van der Waals surface area contributed by atoms with Gasteiger partial charge in [0.15, 0.2) is 22.0 Å². The number of hydrazine groups is 1. The Kier molecular flexibility index (Phi) is 9.19. The molecule has 4 aromatic rings. The average Bonchev–Trinajstić information content (AvgIpc) is 3.53. The molecule has 38 heavy (non-hydrogen) atoms. The zero-order valence-corrected chi connectivity index (χ0v) is 23.4. The Labute approximate surface area is 230 Å². The van der Waals surface area contributed by atoms with Gasteiger partial charge in [0.05, 0.1) is 11.5 Å². The quantitative estimate of drug-likeness (QED) is 0.225. The highest BCUT2D eigenvalue weighted by Gasteiger charge is 2.18. The number of carbonyl (C=O) groups excluding carboxylic acids is 2. The zero-order chi connectivity index (χ0) is 27.1. The molecule has 0 aliphatic heterocycles. The second kappa shape index (κ2) is 12.7. The number of benzene rings is 2. The number of nitrogens with zero attached hydrogens (tertiary/aromatic N) is 6. The van der Waals surface area contributed by atoms with Gasteiger partial charge in [-0.15, -0.1) is 20.4 Å². The molecule has 2 aromatic heterocycles. The van der Waals surface area contributed by atoms with Gasteiger partial charge >= 0.3 is 0 Å². The normalized spacial score (nSPS) is 10.9. The number of aromatic nitrogens is 6. The maximum atomic E-state index is 12.4. The van der Waals surface area contributed by atoms with Crippen LogP contribution in [0.4, 0.5) is 0 Å². The fourth-order valence-corrected chi connectivity index (χ4v) is 5.48. The van der Waals surface area contributed by atoms with Crippen molar-refractivity contribution < 1.29 is 9.59 Å². The van der Waals surface area contributed by atoms with E-state index in [4.69, 9.17) is 0 Å². The third kappa shape index (κ3) is 6.25. The van der Waals surface area contributed by atoms with Crippen molar-refractivity contribution in [3.63, 3.8) is 0 Å². The topological polar surface area (TPSA) is 120 Å². The number of hydrogen-bond acceptors (Lipinski definition) is 8. The van der Waals surface area contributed by atoms with Crippen molar-refractivity contribution in [1.82, 2.24) is 40.4 Å². The van der Waals surface area contributed by atoms with E-state index in [1.165, 1.54) is 23.5 Å². The first-order chi connectivity index (χ1) is 18.4. The second-order valence-electron chi connectivity index (χ2n) is 8.40. The summed E-state index contributed by atoms with van der Waals surface area (Å²) in [6.45, 7) is 9.42. The van der Waals surface area contributed by atoms with Crippen molar-refractivity contribution >= 4 is 35.3 Å². The molecule has 10 nitrogen and oxygen atoms in total. The standard InChI is InChI=1S/C26H30N8O2S2/c1-5-33-23(19-13-9-7-11-17(19)3)29-31-25(33)37-15-21(35)27-28-22(36)16-38-26-32-30-24(34(26)6-2)20-14-10-8-12-18(20)4/h7-14H,5-6,15-16H2,1-4H3,(H,27,35)(H,28,36). The number of amides is 2. The lowest BCUT2D eigenvalue weighted by molar-refractivity contribution is -0.126. The minimum Gasteiger partial charge on any atom is -0.302 e. The molecule has 198 valence electrons. The van der Waals surface area contributed by atoms with Gasteiger partial charge in [0.25, 0.3) is 0 Å². The van der Waals surface area contributed by atoms with E-state index in [2.05, 4.69) is 31.2 Å². The fourth-order valence-electron chi connectivity index (χ4n) is 3.88. The lowest BCUT2D eigenvalue weighted by atomic mass is 10.1. The van der Waals surface area contributed by atoms with Gasteiger partial charge in [-0.3, -0.25) is 20.4 Å². The van der Waals surface area contributed by atoms with Crippen LogP contribution in [0, 0.1) is 13.8 Å². The van der Waals surface area contributed by atoms with Crippen LogP contribution in [0.3, 0.4) is 0 Å². The molecule has 0 unspecified atom stereocenters. The van der Waals surface area contributed by atoms with E-state index in [0.717, 1.165) is 33.9 Å². The summed E-state index contributed by atoms with van der Waals surface area (Å²) in [6, 6.07) is 16.0. The Morgan fingerprint density at radius 3 is 1.45 bits per heavy atom. The van der Waals surface area contributed by atoms with E-state index in [-0.39, 0.29) is 23.3 Å². The second-order valence-corrected chi connectivity index (χ2v) is 10.3. The van der Waals surface area contributed by atoms with Gasteiger partial charge in [0, 0.05) is 24.2 Å². The Hall–Kier alpha value is -3.64. The summed E-state index contributed by atoms with van der Waals surface area (Å²) in [4.78, 5) is 24.8. The molecule has 12 heteroatoms. The summed E-state index contributed by atoms with van der Waals surface area (Å²) in [7, 11) is 0. The molecule has 2 N–H and O–H groups in total. The third-order valence-electron chi connectivity index (χ3n) is 5.84. The summed E-state index contributed by atoms with van der Waals surface area (Å²) >= 11 is 2.54. The molecule has 0 aliphatic rings. The van der Waals surface area contributed by atoms with Crippen molar-refractivity contribution in [3.8, 4) is 22.8 Å². The van der Waals surface area contributed by atoms with E-state index in [0.29, 0.717) is 23.4 Å². The summed E-state index contributed by atoms with van der Waals surface area (Å²) in [5.74, 6) is 1.03. The molecule has 0 fully saturated rings. The minimum absolute atomic E-state index is 0.0866. The SMILES string of the molecule is CCn1c(SCC(=O)NNC(=O)CSc2nnc(-c3ccccc3C)n2CC)nnc1-c1ccccc1C. The van der Waals surface area contributed by atoms with E-state index >= 15 is 0 Å². The highest BCUT2D eigenvalue weighted by Crippen LogP contribution is 2.27. The highest BCUT2D eigenvalue weighted by atomic mass is 32.2. The van der Waals surface area contributed by atoms with E-state index in [1.807, 2.05) is 85.4 Å². The minimum atomic E-state index is -0.338. The first-order valence-corrected chi connectivity index (χ1v) is 14.2.